The summed E-state index contributed by atoms with van der Waals surface area (Å²) in [6.45, 7) is 7.50. The summed E-state index contributed by atoms with van der Waals surface area (Å²) in [4.78, 5) is 29.1. The number of likely N-dealkylation sites (N-methyl/N-ethyl adjacent to an activating group) is 1. The summed E-state index contributed by atoms with van der Waals surface area (Å²) in [5.74, 6) is -1.04. The molecule has 0 bridgehead atoms. The van der Waals surface area contributed by atoms with Gasteiger partial charge in [-0.15, -0.1) is 0 Å². The van der Waals surface area contributed by atoms with Crippen LogP contribution in [0.4, 0.5) is 4.79 Å². The SMILES string of the molecule is CCN(CC)C1CCN(C(=O)N2C[C@@H](O)C[C@H]2C(=O)O)C1. The van der Waals surface area contributed by atoms with Crippen molar-refractivity contribution in [2.24, 2.45) is 0 Å². The smallest absolute Gasteiger partial charge is 0.326 e. The molecule has 2 aliphatic rings. The molecule has 1 unspecified atom stereocenters. The molecule has 0 saturated carbocycles. The molecule has 21 heavy (non-hydrogen) atoms. The lowest BCUT2D eigenvalue weighted by molar-refractivity contribution is -0.141. The second-order valence-electron chi connectivity index (χ2n) is 5.79. The van der Waals surface area contributed by atoms with Gasteiger partial charge in [-0.25, -0.2) is 9.59 Å². The molecule has 0 aromatic carbocycles. The van der Waals surface area contributed by atoms with Crippen molar-refractivity contribution >= 4 is 12.0 Å². The van der Waals surface area contributed by atoms with Crippen molar-refractivity contribution in [1.29, 1.82) is 0 Å². The van der Waals surface area contributed by atoms with Crippen LogP contribution in [0, 0.1) is 0 Å². The first-order valence-electron chi connectivity index (χ1n) is 7.68. The van der Waals surface area contributed by atoms with E-state index in [-0.39, 0.29) is 19.0 Å². The number of β-amino-alcohol motifs (C(OH)–C–C–N with tert-alkyl or cyclic N) is 1. The number of likely N-dealkylation sites (tertiary alicyclic amines) is 2. The standard InChI is InChI=1S/C14H25N3O4/c1-3-15(4-2)10-5-6-16(8-10)14(21)17-9-11(18)7-12(17)13(19)20/h10-12,18H,3-9H2,1-2H3,(H,19,20)/t10?,11-,12-/m0/s1. The second kappa shape index (κ2) is 6.62. The Hall–Kier alpha value is -1.34. The van der Waals surface area contributed by atoms with Crippen molar-refractivity contribution in [3.8, 4) is 0 Å². The van der Waals surface area contributed by atoms with Crippen LogP contribution in [0.2, 0.25) is 0 Å². The minimum atomic E-state index is -1.04. The predicted octanol–water partition coefficient (Wildman–Crippen LogP) is 0.0423. The Morgan fingerprint density at radius 1 is 1.24 bits per heavy atom. The Morgan fingerprint density at radius 2 is 1.90 bits per heavy atom. The van der Waals surface area contributed by atoms with Crippen molar-refractivity contribution in [2.75, 3.05) is 32.7 Å². The van der Waals surface area contributed by atoms with Crippen LogP contribution in [0.3, 0.4) is 0 Å². The molecule has 0 spiro atoms. The molecule has 2 amide bonds. The van der Waals surface area contributed by atoms with Gasteiger partial charge < -0.3 is 20.0 Å². The zero-order valence-electron chi connectivity index (χ0n) is 12.7. The van der Waals surface area contributed by atoms with E-state index >= 15 is 0 Å². The van der Waals surface area contributed by atoms with Crippen LogP contribution in [-0.4, -0.2) is 87.8 Å². The number of nitrogens with zero attached hydrogens (tertiary/aromatic N) is 3. The van der Waals surface area contributed by atoms with Crippen LogP contribution in [-0.2, 0) is 4.79 Å². The average molecular weight is 299 g/mol. The van der Waals surface area contributed by atoms with Gasteiger partial charge in [0.05, 0.1) is 6.10 Å². The van der Waals surface area contributed by atoms with Gasteiger partial charge in [-0.05, 0) is 19.5 Å². The van der Waals surface area contributed by atoms with E-state index in [1.54, 1.807) is 4.90 Å². The lowest BCUT2D eigenvalue weighted by atomic mass is 10.2. The Labute approximate surface area is 125 Å². The van der Waals surface area contributed by atoms with Crippen LogP contribution in [0.15, 0.2) is 0 Å². The van der Waals surface area contributed by atoms with Crippen molar-refractivity contribution in [3.63, 3.8) is 0 Å². The van der Waals surface area contributed by atoms with Crippen LogP contribution in [0.1, 0.15) is 26.7 Å². The second-order valence-corrected chi connectivity index (χ2v) is 5.79. The highest BCUT2D eigenvalue weighted by Gasteiger charge is 2.42. The van der Waals surface area contributed by atoms with E-state index in [1.807, 2.05) is 0 Å². The highest BCUT2D eigenvalue weighted by molar-refractivity contribution is 5.83. The lowest BCUT2D eigenvalue weighted by Gasteiger charge is -2.29. The molecule has 0 aliphatic carbocycles. The maximum atomic E-state index is 12.5. The van der Waals surface area contributed by atoms with Gasteiger partial charge in [0, 0.05) is 32.1 Å². The summed E-state index contributed by atoms with van der Waals surface area (Å²) >= 11 is 0. The molecule has 2 rings (SSSR count). The number of carboxylic acid groups (broad SMARTS) is 1. The maximum Gasteiger partial charge on any atom is 0.326 e. The summed E-state index contributed by atoms with van der Waals surface area (Å²) in [5, 5.41) is 18.8. The van der Waals surface area contributed by atoms with E-state index in [2.05, 4.69) is 18.7 Å². The summed E-state index contributed by atoms with van der Waals surface area (Å²) in [7, 11) is 0. The number of hydrogen-bond acceptors (Lipinski definition) is 4. The number of carboxylic acids is 1. The highest BCUT2D eigenvalue weighted by atomic mass is 16.4. The fourth-order valence-electron chi connectivity index (χ4n) is 3.39. The number of amides is 2. The number of urea groups is 1. The molecule has 2 saturated heterocycles. The van der Waals surface area contributed by atoms with Crippen LogP contribution >= 0.6 is 0 Å². The first-order valence-corrected chi connectivity index (χ1v) is 7.68. The first-order chi connectivity index (χ1) is 9.97. The van der Waals surface area contributed by atoms with Gasteiger partial charge in [0.2, 0.25) is 0 Å². The van der Waals surface area contributed by atoms with Gasteiger partial charge in [-0.3, -0.25) is 4.90 Å². The molecular weight excluding hydrogens is 274 g/mol. The van der Waals surface area contributed by atoms with E-state index in [4.69, 9.17) is 0 Å². The fourth-order valence-corrected chi connectivity index (χ4v) is 3.39. The van der Waals surface area contributed by atoms with Crippen molar-refractivity contribution in [2.45, 2.75) is 44.9 Å². The van der Waals surface area contributed by atoms with Gasteiger partial charge in [0.1, 0.15) is 6.04 Å². The Morgan fingerprint density at radius 3 is 2.48 bits per heavy atom. The molecule has 0 aromatic rings. The van der Waals surface area contributed by atoms with Gasteiger partial charge in [-0.1, -0.05) is 13.8 Å². The van der Waals surface area contributed by atoms with E-state index in [1.165, 1.54) is 4.90 Å². The molecule has 2 aliphatic heterocycles. The Balaban J connectivity index is 1.99. The Bertz CT molecular complexity index is 400. The number of hydrogen-bond donors (Lipinski definition) is 2. The Kier molecular flexibility index (Phi) is 5.05. The van der Waals surface area contributed by atoms with Gasteiger partial charge >= 0.3 is 12.0 Å². The number of carbonyl (C=O) groups is 2. The molecule has 2 fully saturated rings. The van der Waals surface area contributed by atoms with Crippen LogP contribution < -0.4 is 0 Å². The number of aliphatic hydroxyl groups is 1. The van der Waals surface area contributed by atoms with Crippen molar-refractivity contribution in [1.82, 2.24) is 14.7 Å². The monoisotopic (exact) mass is 299 g/mol. The van der Waals surface area contributed by atoms with Crippen molar-refractivity contribution < 1.29 is 19.8 Å². The van der Waals surface area contributed by atoms with Crippen LogP contribution in [0.25, 0.3) is 0 Å². The summed E-state index contributed by atoms with van der Waals surface area (Å²) in [5.41, 5.74) is 0. The van der Waals surface area contributed by atoms with Crippen molar-refractivity contribution in [3.05, 3.63) is 0 Å². The molecule has 0 aromatic heterocycles. The average Bonchev–Trinajstić information content (AvgIpc) is 3.06. The van der Waals surface area contributed by atoms with E-state index in [9.17, 15) is 19.8 Å². The van der Waals surface area contributed by atoms with Crippen LogP contribution in [0.5, 0.6) is 0 Å². The maximum absolute atomic E-state index is 12.5. The first kappa shape index (κ1) is 16.0. The quantitative estimate of drug-likeness (QED) is 0.766. The minimum Gasteiger partial charge on any atom is -0.480 e. The summed E-state index contributed by atoms with van der Waals surface area (Å²) < 4.78 is 0. The van der Waals surface area contributed by atoms with Gasteiger partial charge in [0.15, 0.2) is 0 Å². The number of rotatable bonds is 4. The van der Waals surface area contributed by atoms with E-state index < -0.39 is 18.1 Å². The zero-order chi connectivity index (χ0) is 15.6. The summed E-state index contributed by atoms with van der Waals surface area (Å²) in [6, 6.07) is -0.812. The number of aliphatic carboxylic acids is 1. The number of aliphatic hydroxyl groups excluding tert-OH is 1. The zero-order valence-corrected chi connectivity index (χ0v) is 12.7. The molecule has 120 valence electrons. The number of carbonyl (C=O) groups excluding carboxylic acids is 1. The molecule has 2 N–H and O–H groups in total. The molecular formula is C14H25N3O4. The third-order valence-corrected chi connectivity index (χ3v) is 4.57. The van der Waals surface area contributed by atoms with Gasteiger partial charge in [0.25, 0.3) is 0 Å². The van der Waals surface area contributed by atoms with Gasteiger partial charge in [-0.2, -0.15) is 0 Å². The normalized spacial score (nSPS) is 29.4. The summed E-state index contributed by atoms with van der Waals surface area (Å²) in [6.07, 6.45) is 0.298. The molecule has 0 radical (unpaired) electrons. The third kappa shape index (κ3) is 3.29. The van der Waals surface area contributed by atoms with E-state index in [0.29, 0.717) is 19.1 Å². The predicted molar refractivity (Wildman–Crippen MR) is 77.0 cm³/mol. The fraction of sp³-hybridized carbons (Fsp3) is 0.857. The topological polar surface area (TPSA) is 84.3 Å². The third-order valence-electron chi connectivity index (χ3n) is 4.57. The molecule has 7 nitrogen and oxygen atoms in total. The molecule has 7 heteroatoms. The van der Waals surface area contributed by atoms with E-state index in [0.717, 1.165) is 19.5 Å². The molecule has 2 heterocycles. The highest BCUT2D eigenvalue weighted by Crippen LogP contribution is 2.23. The lowest BCUT2D eigenvalue weighted by Crippen LogP contribution is -2.48. The molecule has 3 atom stereocenters. The largest absolute Gasteiger partial charge is 0.480 e. The minimum absolute atomic E-state index is 0.113.